The molecule has 0 fully saturated rings. The molecule has 2 aromatic rings. The molecule has 4 heteroatoms. The van der Waals surface area contributed by atoms with Gasteiger partial charge in [-0.2, -0.15) is 0 Å². The number of aromatic nitrogens is 2. The second kappa shape index (κ2) is 6.29. The highest BCUT2D eigenvalue weighted by Crippen LogP contribution is 2.06. The predicted octanol–water partition coefficient (Wildman–Crippen LogP) is 2.11. The molecule has 1 heterocycles. The smallest absolute Gasteiger partial charge is 0.223 e. The van der Waals surface area contributed by atoms with Crippen LogP contribution in [0.3, 0.4) is 0 Å². The lowest BCUT2D eigenvalue weighted by atomic mass is 10.1. The van der Waals surface area contributed by atoms with Crippen LogP contribution in [0.2, 0.25) is 0 Å². The van der Waals surface area contributed by atoms with Crippen LogP contribution in [0.25, 0.3) is 0 Å². The van der Waals surface area contributed by atoms with Gasteiger partial charge in [0.05, 0.1) is 6.10 Å². The van der Waals surface area contributed by atoms with Crippen LogP contribution < -0.4 is 5.32 Å². The van der Waals surface area contributed by atoms with Crippen LogP contribution in [0, 0.1) is 13.8 Å². The predicted molar refractivity (Wildman–Crippen MR) is 76.1 cm³/mol. The number of aliphatic hydroxyl groups excluding tert-OH is 1. The molecule has 0 spiro atoms. The third kappa shape index (κ3) is 4.34. The molecule has 2 rings (SSSR count). The fourth-order valence-electron chi connectivity index (χ4n) is 1.97. The fourth-order valence-corrected chi connectivity index (χ4v) is 1.97. The molecule has 1 atom stereocenters. The van der Waals surface area contributed by atoms with Crippen LogP contribution in [0.5, 0.6) is 0 Å². The van der Waals surface area contributed by atoms with E-state index in [0.29, 0.717) is 18.9 Å². The maximum atomic E-state index is 9.98. The van der Waals surface area contributed by atoms with Gasteiger partial charge >= 0.3 is 0 Å². The van der Waals surface area contributed by atoms with Crippen molar-refractivity contribution in [3.63, 3.8) is 0 Å². The van der Waals surface area contributed by atoms with Gasteiger partial charge in [-0.25, -0.2) is 9.97 Å². The molecule has 1 aromatic heterocycles. The number of nitrogens with one attached hydrogen (secondary N) is 1. The Bertz CT molecular complexity index is 508. The first kappa shape index (κ1) is 13.5. The zero-order valence-electron chi connectivity index (χ0n) is 11.3. The summed E-state index contributed by atoms with van der Waals surface area (Å²) in [5.41, 5.74) is 2.97. The molecule has 1 aromatic carbocycles. The number of aryl methyl sites for hydroxylation is 2. The largest absolute Gasteiger partial charge is 0.391 e. The topological polar surface area (TPSA) is 58.0 Å². The SMILES string of the molecule is Cc1cc(C)nc(NCC(O)Cc2ccccc2)n1. The number of hydrogen-bond donors (Lipinski definition) is 2. The van der Waals surface area contributed by atoms with Crippen molar-refractivity contribution in [2.24, 2.45) is 0 Å². The van der Waals surface area contributed by atoms with E-state index in [-0.39, 0.29) is 0 Å². The van der Waals surface area contributed by atoms with Gasteiger partial charge in [-0.05, 0) is 25.5 Å². The Morgan fingerprint density at radius 1 is 1.11 bits per heavy atom. The molecule has 19 heavy (non-hydrogen) atoms. The Hall–Kier alpha value is -1.94. The average Bonchev–Trinajstić information content (AvgIpc) is 2.36. The number of nitrogens with zero attached hydrogens (tertiary/aromatic N) is 2. The summed E-state index contributed by atoms with van der Waals surface area (Å²) in [5, 5.41) is 13.1. The molecule has 0 radical (unpaired) electrons. The standard InChI is InChI=1S/C15H19N3O/c1-11-8-12(2)18-15(17-11)16-10-14(19)9-13-6-4-3-5-7-13/h3-8,14,19H,9-10H2,1-2H3,(H,16,17,18). The molecule has 0 saturated carbocycles. The summed E-state index contributed by atoms with van der Waals surface area (Å²) in [5.74, 6) is 0.574. The second-order valence-corrected chi connectivity index (χ2v) is 4.70. The molecule has 4 nitrogen and oxygen atoms in total. The van der Waals surface area contributed by atoms with Crippen molar-refractivity contribution < 1.29 is 5.11 Å². The maximum absolute atomic E-state index is 9.98. The number of hydrogen-bond acceptors (Lipinski definition) is 4. The highest BCUT2D eigenvalue weighted by Gasteiger charge is 2.06. The van der Waals surface area contributed by atoms with Gasteiger partial charge in [0.15, 0.2) is 0 Å². The number of rotatable bonds is 5. The zero-order chi connectivity index (χ0) is 13.7. The highest BCUT2D eigenvalue weighted by atomic mass is 16.3. The third-order valence-electron chi connectivity index (χ3n) is 2.79. The molecule has 100 valence electrons. The first-order valence-electron chi connectivity index (χ1n) is 6.41. The lowest BCUT2D eigenvalue weighted by Gasteiger charge is -2.12. The van der Waals surface area contributed by atoms with E-state index in [9.17, 15) is 5.11 Å². The number of aliphatic hydroxyl groups is 1. The molecule has 0 aliphatic rings. The summed E-state index contributed by atoms with van der Waals surface area (Å²) in [6, 6.07) is 11.9. The van der Waals surface area contributed by atoms with Gasteiger partial charge in [-0.1, -0.05) is 30.3 Å². The lowest BCUT2D eigenvalue weighted by Crippen LogP contribution is -2.23. The van der Waals surface area contributed by atoms with Crippen molar-refractivity contribution in [3.8, 4) is 0 Å². The second-order valence-electron chi connectivity index (χ2n) is 4.70. The van der Waals surface area contributed by atoms with Gasteiger partial charge in [-0.15, -0.1) is 0 Å². The Morgan fingerprint density at radius 2 is 1.74 bits per heavy atom. The van der Waals surface area contributed by atoms with E-state index in [1.807, 2.05) is 50.2 Å². The summed E-state index contributed by atoms with van der Waals surface area (Å²) in [7, 11) is 0. The normalized spacial score (nSPS) is 12.2. The van der Waals surface area contributed by atoms with E-state index < -0.39 is 6.10 Å². The van der Waals surface area contributed by atoms with Crippen molar-refractivity contribution in [1.82, 2.24) is 9.97 Å². The van der Waals surface area contributed by atoms with Gasteiger partial charge < -0.3 is 10.4 Å². The highest BCUT2D eigenvalue weighted by molar-refractivity contribution is 5.28. The minimum atomic E-state index is -0.452. The summed E-state index contributed by atoms with van der Waals surface area (Å²) >= 11 is 0. The molecular weight excluding hydrogens is 238 g/mol. The maximum Gasteiger partial charge on any atom is 0.223 e. The van der Waals surface area contributed by atoms with Crippen molar-refractivity contribution >= 4 is 5.95 Å². The quantitative estimate of drug-likeness (QED) is 0.861. The van der Waals surface area contributed by atoms with Gasteiger partial charge in [-0.3, -0.25) is 0 Å². The molecule has 0 saturated heterocycles. The van der Waals surface area contributed by atoms with E-state index in [1.54, 1.807) is 0 Å². The van der Waals surface area contributed by atoms with Gasteiger partial charge in [0, 0.05) is 24.4 Å². The van der Waals surface area contributed by atoms with Crippen LogP contribution in [0.15, 0.2) is 36.4 Å². The number of anilines is 1. The first-order valence-corrected chi connectivity index (χ1v) is 6.41. The van der Waals surface area contributed by atoms with Crippen LogP contribution in [0.4, 0.5) is 5.95 Å². The molecular formula is C15H19N3O. The average molecular weight is 257 g/mol. The monoisotopic (exact) mass is 257 g/mol. The minimum absolute atomic E-state index is 0.442. The Kier molecular flexibility index (Phi) is 4.47. The Labute approximate surface area is 113 Å². The van der Waals surface area contributed by atoms with Crippen molar-refractivity contribution in [2.75, 3.05) is 11.9 Å². The summed E-state index contributed by atoms with van der Waals surface area (Å²) in [6.07, 6.45) is 0.172. The summed E-state index contributed by atoms with van der Waals surface area (Å²) < 4.78 is 0. The van der Waals surface area contributed by atoms with E-state index in [4.69, 9.17) is 0 Å². The zero-order valence-corrected chi connectivity index (χ0v) is 11.3. The fraction of sp³-hybridized carbons (Fsp3) is 0.333. The van der Waals surface area contributed by atoms with Crippen LogP contribution >= 0.6 is 0 Å². The van der Waals surface area contributed by atoms with Gasteiger partial charge in [0.1, 0.15) is 0 Å². The Morgan fingerprint density at radius 3 is 2.37 bits per heavy atom. The van der Waals surface area contributed by atoms with Crippen molar-refractivity contribution in [2.45, 2.75) is 26.4 Å². The van der Waals surface area contributed by atoms with E-state index >= 15 is 0 Å². The third-order valence-corrected chi connectivity index (χ3v) is 2.79. The van der Waals surface area contributed by atoms with Crippen LogP contribution in [-0.2, 0) is 6.42 Å². The summed E-state index contributed by atoms with van der Waals surface area (Å²) in [6.45, 7) is 4.30. The molecule has 0 amide bonds. The van der Waals surface area contributed by atoms with E-state index in [1.165, 1.54) is 0 Å². The number of benzene rings is 1. The van der Waals surface area contributed by atoms with Gasteiger partial charge in [0.2, 0.25) is 5.95 Å². The molecule has 0 aliphatic carbocycles. The van der Waals surface area contributed by atoms with Crippen molar-refractivity contribution in [1.29, 1.82) is 0 Å². The van der Waals surface area contributed by atoms with E-state index in [2.05, 4.69) is 15.3 Å². The molecule has 0 bridgehead atoms. The Balaban J connectivity index is 1.88. The summed E-state index contributed by atoms with van der Waals surface area (Å²) in [4.78, 5) is 8.56. The van der Waals surface area contributed by atoms with Crippen LogP contribution in [0.1, 0.15) is 17.0 Å². The first-order chi connectivity index (χ1) is 9.13. The van der Waals surface area contributed by atoms with Gasteiger partial charge in [0.25, 0.3) is 0 Å². The molecule has 0 aliphatic heterocycles. The molecule has 2 N–H and O–H groups in total. The molecule has 1 unspecified atom stereocenters. The van der Waals surface area contributed by atoms with Crippen molar-refractivity contribution in [3.05, 3.63) is 53.3 Å². The van der Waals surface area contributed by atoms with E-state index in [0.717, 1.165) is 17.0 Å². The lowest BCUT2D eigenvalue weighted by molar-refractivity contribution is 0.188. The van der Waals surface area contributed by atoms with Crippen LogP contribution in [-0.4, -0.2) is 27.7 Å². The minimum Gasteiger partial charge on any atom is -0.391 e.